The highest BCUT2D eigenvalue weighted by Gasteiger charge is 2.35. The van der Waals surface area contributed by atoms with E-state index in [1.807, 2.05) is 61.5 Å². The van der Waals surface area contributed by atoms with Gasteiger partial charge in [-0.3, -0.25) is 19.3 Å². The largest absolute Gasteiger partial charge is 0.497 e. The average molecular weight is 500 g/mol. The van der Waals surface area contributed by atoms with Gasteiger partial charge in [0.05, 0.1) is 12.8 Å². The van der Waals surface area contributed by atoms with Crippen molar-refractivity contribution in [1.29, 1.82) is 0 Å². The van der Waals surface area contributed by atoms with Crippen LogP contribution in [0.1, 0.15) is 54.9 Å². The normalized spacial score (nSPS) is 15.7. The summed E-state index contributed by atoms with van der Waals surface area (Å²) in [6.07, 6.45) is 4.64. The van der Waals surface area contributed by atoms with Crippen LogP contribution >= 0.6 is 0 Å². The Morgan fingerprint density at radius 2 is 1.76 bits per heavy atom. The third-order valence-corrected chi connectivity index (χ3v) is 7.54. The SMILES string of the molecule is CCC(C(=O)NC1CCCC1)N(Cc1ccc(OC)cc1)C(=O)CN1C(=O)c2cccc3cccc1c23. The van der Waals surface area contributed by atoms with Crippen molar-refractivity contribution in [2.24, 2.45) is 0 Å². The molecule has 7 heteroatoms. The fraction of sp³-hybridized carbons (Fsp3) is 0.367. The molecule has 0 spiro atoms. The summed E-state index contributed by atoms with van der Waals surface area (Å²) in [5.41, 5.74) is 2.23. The van der Waals surface area contributed by atoms with Crippen molar-refractivity contribution in [2.75, 3.05) is 18.6 Å². The number of methoxy groups -OCH3 is 1. The molecule has 1 saturated carbocycles. The molecule has 3 aromatic carbocycles. The molecule has 3 amide bonds. The molecule has 7 nitrogen and oxygen atoms in total. The number of hydrogen-bond acceptors (Lipinski definition) is 4. The fourth-order valence-electron chi connectivity index (χ4n) is 5.58. The lowest BCUT2D eigenvalue weighted by molar-refractivity contribution is -0.140. The van der Waals surface area contributed by atoms with E-state index < -0.39 is 6.04 Å². The Hall–Kier alpha value is -3.87. The first-order valence-corrected chi connectivity index (χ1v) is 13.1. The van der Waals surface area contributed by atoms with E-state index in [0.29, 0.717) is 12.0 Å². The third-order valence-electron chi connectivity index (χ3n) is 7.54. The van der Waals surface area contributed by atoms with Crippen molar-refractivity contribution in [1.82, 2.24) is 10.2 Å². The van der Waals surface area contributed by atoms with Crippen molar-refractivity contribution < 1.29 is 19.1 Å². The second-order valence-electron chi connectivity index (χ2n) is 9.86. The number of amides is 3. The Morgan fingerprint density at radius 1 is 1.05 bits per heavy atom. The van der Waals surface area contributed by atoms with Crippen LogP contribution in [0.2, 0.25) is 0 Å². The smallest absolute Gasteiger partial charge is 0.259 e. The van der Waals surface area contributed by atoms with Crippen LogP contribution in [-0.2, 0) is 16.1 Å². The number of ether oxygens (including phenoxy) is 1. The van der Waals surface area contributed by atoms with Gasteiger partial charge >= 0.3 is 0 Å². The van der Waals surface area contributed by atoms with Gasteiger partial charge in [-0.05, 0) is 54.5 Å². The van der Waals surface area contributed by atoms with Crippen LogP contribution in [-0.4, -0.2) is 48.4 Å². The second kappa shape index (κ2) is 10.6. The highest BCUT2D eigenvalue weighted by molar-refractivity contribution is 6.26. The Kier molecular flexibility index (Phi) is 7.12. The molecule has 1 heterocycles. The van der Waals surface area contributed by atoms with E-state index in [4.69, 9.17) is 4.74 Å². The van der Waals surface area contributed by atoms with Gasteiger partial charge in [-0.25, -0.2) is 0 Å². The number of nitrogens with one attached hydrogen (secondary N) is 1. The molecule has 1 unspecified atom stereocenters. The summed E-state index contributed by atoms with van der Waals surface area (Å²) in [6, 6.07) is 18.4. The summed E-state index contributed by atoms with van der Waals surface area (Å²) in [5, 5.41) is 5.01. The molecule has 0 bridgehead atoms. The van der Waals surface area contributed by atoms with Crippen LogP contribution in [0.25, 0.3) is 10.8 Å². The minimum atomic E-state index is -0.633. The highest BCUT2D eigenvalue weighted by Crippen LogP contribution is 2.37. The molecule has 192 valence electrons. The molecule has 37 heavy (non-hydrogen) atoms. The molecule has 0 saturated heterocycles. The lowest BCUT2D eigenvalue weighted by atomic mass is 10.1. The molecule has 1 atom stereocenters. The monoisotopic (exact) mass is 499 g/mol. The van der Waals surface area contributed by atoms with Crippen LogP contribution in [0.5, 0.6) is 5.75 Å². The fourth-order valence-corrected chi connectivity index (χ4v) is 5.58. The van der Waals surface area contributed by atoms with Gasteiger partial charge in [-0.1, -0.05) is 56.2 Å². The maximum absolute atomic E-state index is 13.9. The standard InChI is InChI=1S/C30H33N3O4/c1-3-25(29(35)31-22-10-4-5-11-22)32(18-20-14-16-23(37-2)17-15-20)27(34)19-33-26-13-7-9-21-8-6-12-24(28(21)26)30(33)36/h6-9,12-17,22,25H,3-5,10-11,18-19H2,1-2H3,(H,31,35). The predicted octanol–water partition coefficient (Wildman–Crippen LogP) is 4.67. The summed E-state index contributed by atoms with van der Waals surface area (Å²) in [4.78, 5) is 43.8. The van der Waals surface area contributed by atoms with Crippen molar-refractivity contribution in [3.05, 3.63) is 71.8 Å². The molecular formula is C30H33N3O4. The zero-order valence-electron chi connectivity index (χ0n) is 21.4. The van der Waals surface area contributed by atoms with Gasteiger partial charge < -0.3 is 15.0 Å². The maximum Gasteiger partial charge on any atom is 0.259 e. The molecule has 5 rings (SSSR count). The quantitative estimate of drug-likeness (QED) is 0.464. The number of anilines is 1. The summed E-state index contributed by atoms with van der Waals surface area (Å²) in [5.74, 6) is 0.144. The van der Waals surface area contributed by atoms with Gasteiger partial charge in [0.2, 0.25) is 11.8 Å². The molecule has 0 aromatic heterocycles. The van der Waals surface area contributed by atoms with E-state index in [9.17, 15) is 14.4 Å². The van der Waals surface area contributed by atoms with Crippen molar-refractivity contribution in [2.45, 2.75) is 57.7 Å². The molecule has 1 N–H and O–H groups in total. The van der Waals surface area contributed by atoms with E-state index in [0.717, 1.165) is 53.5 Å². The summed E-state index contributed by atoms with van der Waals surface area (Å²) in [7, 11) is 1.61. The summed E-state index contributed by atoms with van der Waals surface area (Å²) < 4.78 is 5.27. The minimum Gasteiger partial charge on any atom is -0.497 e. The van der Waals surface area contributed by atoms with Crippen LogP contribution in [0.15, 0.2) is 60.7 Å². The predicted molar refractivity (Wildman–Crippen MR) is 144 cm³/mol. The van der Waals surface area contributed by atoms with Gasteiger partial charge in [0, 0.05) is 23.5 Å². The Morgan fingerprint density at radius 3 is 2.43 bits per heavy atom. The average Bonchev–Trinajstić information content (AvgIpc) is 3.52. The van der Waals surface area contributed by atoms with Gasteiger partial charge in [-0.15, -0.1) is 0 Å². The van der Waals surface area contributed by atoms with Gasteiger partial charge in [0.25, 0.3) is 5.91 Å². The number of benzene rings is 3. The molecule has 1 fully saturated rings. The van der Waals surface area contributed by atoms with E-state index >= 15 is 0 Å². The van der Waals surface area contributed by atoms with Crippen LogP contribution in [0.4, 0.5) is 5.69 Å². The first-order chi connectivity index (χ1) is 18.0. The summed E-state index contributed by atoms with van der Waals surface area (Å²) >= 11 is 0. The first-order valence-electron chi connectivity index (χ1n) is 13.1. The number of carbonyl (C=O) groups excluding carboxylic acids is 3. The molecular weight excluding hydrogens is 466 g/mol. The Labute approximate surface area is 217 Å². The summed E-state index contributed by atoms with van der Waals surface area (Å²) in [6.45, 7) is 2.05. The van der Waals surface area contributed by atoms with Gasteiger partial charge in [0.15, 0.2) is 0 Å². The van der Waals surface area contributed by atoms with Crippen molar-refractivity contribution >= 4 is 34.2 Å². The lowest BCUT2D eigenvalue weighted by Crippen LogP contribution is -2.53. The van der Waals surface area contributed by atoms with Crippen LogP contribution in [0.3, 0.4) is 0 Å². The lowest BCUT2D eigenvalue weighted by Gasteiger charge is -2.33. The molecule has 3 aromatic rings. The number of hydrogen-bond donors (Lipinski definition) is 1. The maximum atomic E-state index is 13.9. The second-order valence-corrected chi connectivity index (χ2v) is 9.86. The van der Waals surface area contributed by atoms with E-state index in [-0.39, 0.29) is 36.9 Å². The number of rotatable bonds is 9. The zero-order valence-corrected chi connectivity index (χ0v) is 21.4. The van der Waals surface area contributed by atoms with Crippen molar-refractivity contribution in [3.8, 4) is 5.75 Å². The minimum absolute atomic E-state index is 0.129. The topological polar surface area (TPSA) is 79.0 Å². The highest BCUT2D eigenvalue weighted by atomic mass is 16.5. The Bertz CT molecular complexity index is 1310. The van der Waals surface area contributed by atoms with Gasteiger partial charge in [0.1, 0.15) is 18.3 Å². The first kappa shape index (κ1) is 24.8. The van der Waals surface area contributed by atoms with E-state index in [1.165, 1.54) is 0 Å². The zero-order chi connectivity index (χ0) is 25.9. The third kappa shape index (κ3) is 4.90. The van der Waals surface area contributed by atoms with E-state index in [2.05, 4.69) is 5.32 Å². The number of nitrogens with zero attached hydrogens (tertiary/aromatic N) is 2. The Balaban J connectivity index is 1.42. The van der Waals surface area contributed by atoms with Crippen LogP contribution in [0, 0.1) is 0 Å². The molecule has 0 radical (unpaired) electrons. The molecule has 1 aliphatic heterocycles. The molecule has 2 aliphatic rings. The molecule has 1 aliphatic carbocycles. The van der Waals surface area contributed by atoms with Gasteiger partial charge in [-0.2, -0.15) is 0 Å². The van der Waals surface area contributed by atoms with E-state index in [1.54, 1.807) is 23.0 Å². The van der Waals surface area contributed by atoms with Crippen molar-refractivity contribution in [3.63, 3.8) is 0 Å². The number of carbonyl (C=O) groups is 3. The van der Waals surface area contributed by atoms with Crippen LogP contribution < -0.4 is 15.0 Å².